The average molecular weight is 331 g/mol. The quantitative estimate of drug-likeness (QED) is 0.796. The van der Waals surface area contributed by atoms with Crippen molar-refractivity contribution >= 4 is 38.9 Å². The summed E-state index contributed by atoms with van der Waals surface area (Å²) in [5.41, 5.74) is 1.37. The van der Waals surface area contributed by atoms with E-state index in [0.29, 0.717) is 0 Å². The summed E-state index contributed by atoms with van der Waals surface area (Å²) in [7, 11) is 0. The second kappa shape index (κ2) is 6.55. The highest BCUT2D eigenvalue weighted by Gasteiger charge is 2.03. The zero-order chi connectivity index (χ0) is 12.1. The third kappa shape index (κ3) is 4.11. The monoisotopic (exact) mass is 329 g/mol. The van der Waals surface area contributed by atoms with Crippen molar-refractivity contribution in [3.05, 3.63) is 55.6 Å². The summed E-state index contributed by atoms with van der Waals surface area (Å²) < 4.78 is 1.81. The highest BCUT2D eigenvalue weighted by Crippen LogP contribution is 2.31. The van der Waals surface area contributed by atoms with E-state index >= 15 is 0 Å². The second-order valence-corrected chi connectivity index (χ2v) is 6.34. The van der Waals surface area contributed by atoms with Gasteiger partial charge in [-0.1, -0.05) is 41.9 Å². The third-order valence-electron chi connectivity index (χ3n) is 2.43. The molecular weight excluding hydrogens is 318 g/mol. The summed E-state index contributed by atoms with van der Waals surface area (Å²) in [4.78, 5) is 1.26. The summed E-state index contributed by atoms with van der Waals surface area (Å²) in [6, 6.07) is 12.6. The first-order valence-electron chi connectivity index (χ1n) is 5.44. The maximum Gasteiger partial charge on any atom is 0.107 e. The Kier molecular flexibility index (Phi) is 5.04. The number of benzene rings is 1. The van der Waals surface area contributed by atoms with E-state index in [0.717, 1.165) is 28.3 Å². The van der Waals surface area contributed by atoms with Crippen LogP contribution in [-0.4, -0.2) is 6.54 Å². The van der Waals surface area contributed by atoms with Gasteiger partial charge in [0.2, 0.25) is 0 Å². The zero-order valence-corrected chi connectivity index (χ0v) is 12.4. The number of halogens is 2. The van der Waals surface area contributed by atoms with Crippen LogP contribution in [0.3, 0.4) is 0 Å². The van der Waals surface area contributed by atoms with Crippen LogP contribution in [0.15, 0.2) is 40.9 Å². The predicted octanol–water partition coefficient (Wildman–Crippen LogP) is 4.50. The van der Waals surface area contributed by atoms with Gasteiger partial charge in [0.1, 0.15) is 4.34 Å². The Morgan fingerprint density at radius 3 is 2.65 bits per heavy atom. The van der Waals surface area contributed by atoms with Gasteiger partial charge in [-0.05, 0) is 40.5 Å². The van der Waals surface area contributed by atoms with Gasteiger partial charge in [-0.3, -0.25) is 0 Å². The molecule has 0 unspecified atom stereocenters. The molecule has 0 bridgehead atoms. The van der Waals surface area contributed by atoms with Gasteiger partial charge in [-0.15, -0.1) is 11.3 Å². The SMILES string of the molecule is Clc1sc(CNCCc2ccccc2)cc1Br. The van der Waals surface area contributed by atoms with Gasteiger partial charge >= 0.3 is 0 Å². The maximum atomic E-state index is 5.98. The minimum absolute atomic E-state index is 0.824. The average Bonchev–Trinajstić information content (AvgIpc) is 2.66. The Morgan fingerprint density at radius 1 is 1.24 bits per heavy atom. The number of rotatable bonds is 5. The topological polar surface area (TPSA) is 12.0 Å². The van der Waals surface area contributed by atoms with Crippen LogP contribution >= 0.6 is 38.9 Å². The molecule has 2 rings (SSSR count). The molecule has 0 aliphatic carbocycles. The molecule has 0 saturated heterocycles. The highest BCUT2D eigenvalue weighted by molar-refractivity contribution is 9.10. The highest BCUT2D eigenvalue weighted by atomic mass is 79.9. The third-order valence-corrected chi connectivity index (χ3v) is 4.90. The molecule has 0 aliphatic heterocycles. The van der Waals surface area contributed by atoms with Crippen LogP contribution in [0.4, 0.5) is 0 Å². The molecule has 0 atom stereocenters. The van der Waals surface area contributed by atoms with E-state index in [1.54, 1.807) is 11.3 Å². The van der Waals surface area contributed by atoms with Crippen molar-refractivity contribution in [1.82, 2.24) is 5.32 Å². The lowest BCUT2D eigenvalue weighted by Gasteiger charge is -2.03. The van der Waals surface area contributed by atoms with Gasteiger partial charge in [0.25, 0.3) is 0 Å². The molecule has 0 spiro atoms. The van der Waals surface area contributed by atoms with Crippen molar-refractivity contribution in [2.75, 3.05) is 6.54 Å². The molecule has 4 heteroatoms. The van der Waals surface area contributed by atoms with E-state index in [4.69, 9.17) is 11.6 Å². The van der Waals surface area contributed by atoms with Gasteiger partial charge in [-0.2, -0.15) is 0 Å². The zero-order valence-electron chi connectivity index (χ0n) is 9.25. The second-order valence-electron chi connectivity index (χ2n) is 3.75. The van der Waals surface area contributed by atoms with Crippen molar-refractivity contribution in [3.8, 4) is 0 Å². The fourth-order valence-electron chi connectivity index (χ4n) is 1.57. The lowest BCUT2D eigenvalue weighted by atomic mass is 10.1. The Balaban J connectivity index is 1.73. The molecule has 0 fully saturated rings. The maximum absolute atomic E-state index is 5.98. The van der Waals surface area contributed by atoms with E-state index < -0.39 is 0 Å². The number of hydrogen-bond acceptors (Lipinski definition) is 2. The first-order valence-corrected chi connectivity index (χ1v) is 7.43. The van der Waals surface area contributed by atoms with E-state index in [1.165, 1.54) is 10.4 Å². The molecular formula is C13H13BrClNS. The van der Waals surface area contributed by atoms with Crippen molar-refractivity contribution in [2.24, 2.45) is 0 Å². The van der Waals surface area contributed by atoms with Crippen LogP contribution in [-0.2, 0) is 13.0 Å². The summed E-state index contributed by atoms with van der Waals surface area (Å²) >= 11 is 11.0. The largest absolute Gasteiger partial charge is 0.312 e. The summed E-state index contributed by atoms with van der Waals surface area (Å²) in [6.45, 7) is 1.86. The van der Waals surface area contributed by atoms with Crippen LogP contribution in [0.2, 0.25) is 4.34 Å². The standard InChI is InChI=1S/C13H13BrClNS/c14-12-8-11(17-13(12)15)9-16-7-6-10-4-2-1-3-5-10/h1-5,8,16H,6-7,9H2. The molecule has 1 N–H and O–H groups in total. The fraction of sp³-hybridized carbons (Fsp3) is 0.231. The first kappa shape index (κ1) is 13.1. The lowest BCUT2D eigenvalue weighted by Crippen LogP contribution is -2.15. The Labute approximate surface area is 119 Å². The fourth-order valence-corrected chi connectivity index (χ4v) is 3.33. The van der Waals surface area contributed by atoms with Crippen LogP contribution in [0.1, 0.15) is 10.4 Å². The molecule has 1 aromatic heterocycles. The number of thiophene rings is 1. The summed E-state index contributed by atoms with van der Waals surface area (Å²) in [5, 5.41) is 3.42. The molecule has 0 amide bonds. The smallest absolute Gasteiger partial charge is 0.107 e. The van der Waals surface area contributed by atoms with Crippen molar-refractivity contribution in [3.63, 3.8) is 0 Å². The molecule has 1 heterocycles. The molecule has 90 valence electrons. The van der Waals surface area contributed by atoms with Crippen LogP contribution in [0, 0.1) is 0 Å². The van der Waals surface area contributed by atoms with E-state index in [9.17, 15) is 0 Å². The van der Waals surface area contributed by atoms with Gasteiger partial charge in [0, 0.05) is 15.9 Å². The van der Waals surface area contributed by atoms with Gasteiger partial charge < -0.3 is 5.32 Å². The van der Waals surface area contributed by atoms with E-state index in [2.05, 4.69) is 51.6 Å². The van der Waals surface area contributed by atoms with Crippen LogP contribution < -0.4 is 5.32 Å². The van der Waals surface area contributed by atoms with E-state index in [1.807, 2.05) is 6.07 Å². The van der Waals surface area contributed by atoms with Gasteiger partial charge in [0.15, 0.2) is 0 Å². The number of hydrogen-bond donors (Lipinski definition) is 1. The summed E-state index contributed by atoms with van der Waals surface area (Å²) in [5.74, 6) is 0. The minimum atomic E-state index is 0.824. The predicted molar refractivity (Wildman–Crippen MR) is 78.9 cm³/mol. The molecule has 17 heavy (non-hydrogen) atoms. The van der Waals surface area contributed by atoms with E-state index in [-0.39, 0.29) is 0 Å². The van der Waals surface area contributed by atoms with Crippen molar-refractivity contribution < 1.29 is 0 Å². The molecule has 0 aliphatic rings. The summed E-state index contributed by atoms with van der Waals surface area (Å²) in [6.07, 6.45) is 1.06. The lowest BCUT2D eigenvalue weighted by molar-refractivity contribution is 0.693. The van der Waals surface area contributed by atoms with Crippen molar-refractivity contribution in [1.29, 1.82) is 0 Å². The Hall–Kier alpha value is -0.350. The minimum Gasteiger partial charge on any atom is -0.312 e. The molecule has 2 aromatic rings. The first-order chi connectivity index (χ1) is 8.25. The van der Waals surface area contributed by atoms with Gasteiger partial charge in [0.05, 0.1) is 0 Å². The van der Waals surface area contributed by atoms with Gasteiger partial charge in [-0.25, -0.2) is 0 Å². The van der Waals surface area contributed by atoms with Crippen LogP contribution in [0.25, 0.3) is 0 Å². The molecule has 0 radical (unpaired) electrons. The molecule has 1 aromatic carbocycles. The van der Waals surface area contributed by atoms with Crippen molar-refractivity contribution in [2.45, 2.75) is 13.0 Å². The Bertz CT molecular complexity index is 450. The van der Waals surface area contributed by atoms with Crippen LogP contribution in [0.5, 0.6) is 0 Å². The Morgan fingerprint density at radius 2 is 2.00 bits per heavy atom. The number of nitrogens with one attached hydrogen (secondary N) is 1. The normalized spacial score (nSPS) is 10.7. The molecule has 1 nitrogen and oxygen atoms in total. The molecule has 0 saturated carbocycles.